The van der Waals surface area contributed by atoms with Crippen LogP contribution in [0.5, 0.6) is 0 Å². The molecule has 3 fully saturated rings. The molecule has 3 saturated heterocycles. The third kappa shape index (κ3) is 4.19. The van der Waals surface area contributed by atoms with Crippen LogP contribution in [0, 0.1) is 0 Å². The Morgan fingerprint density at radius 3 is 2.65 bits per heavy atom. The Hall–Kier alpha value is -2.20. The standard InChI is InChI=1S/C18H21N7O7S.Na.H/c1-9(26)23-6-10-13-15(23)16(28)25(13)14(17(29)30)11(32-10)8-33-18-19-20-21-24(18)7-12(27)22-2-4-31-5-3-22;;/h10,13,15H,2-8H2,1H3,(H,29,30);;/t10-,13-,15+;;/m1../s1. The predicted molar refractivity (Wildman–Crippen MR) is 114 cm³/mol. The molecule has 16 heteroatoms. The van der Waals surface area contributed by atoms with E-state index in [-0.39, 0.29) is 71.7 Å². The summed E-state index contributed by atoms with van der Waals surface area (Å²) >= 11 is 1.10. The van der Waals surface area contributed by atoms with Gasteiger partial charge in [0.1, 0.15) is 30.5 Å². The first-order valence-corrected chi connectivity index (χ1v) is 11.3. The van der Waals surface area contributed by atoms with Crippen molar-refractivity contribution >= 4 is 65.0 Å². The number of hydrogen-bond donors (Lipinski definition) is 1. The number of carbonyl (C=O) groups is 4. The molecule has 1 aromatic rings. The number of ether oxygens (including phenoxy) is 2. The number of thioether (sulfide) groups is 1. The molecule has 0 radical (unpaired) electrons. The predicted octanol–water partition coefficient (Wildman–Crippen LogP) is -2.89. The maximum absolute atomic E-state index is 12.7. The summed E-state index contributed by atoms with van der Waals surface area (Å²) in [5.41, 5.74) is -0.237. The number of β-lactam (4-membered cyclic amide) rings is 1. The van der Waals surface area contributed by atoms with Gasteiger partial charge in [0.25, 0.3) is 5.91 Å². The normalized spacial score (nSPS) is 25.4. The van der Waals surface area contributed by atoms with Gasteiger partial charge in [0, 0.05) is 20.0 Å². The van der Waals surface area contributed by atoms with Crippen LogP contribution in [0.1, 0.15) is 6.92 Å². The van der Waals surface area contributed by atoms with Crippen molar-refractivity contribution in [2.75, 3.05) is 38.6 Å². The van der Waals surface area contributed by atoms with Gasteiger partial charge in [0.2, 0.25) is 17.0 Å². The fourth-order valence-corrected chi connectivity index (χ4v) is 5.36. The molecule has 3 atom stereocenters. The van der Waals surface area contributed by atoms with E-state index in [1.807, 2.05) is 0 Å². The van der Waals surface area contributed by atoms with Crippen LogP contribution in [0.15, 0.2) is 16.6 Å². The molecule has 0 spiro atoms. The van der Waals surface area contributed by atoms with E-state index in [9.17, 15) is 24.3 Å². The van der Waals surface area contributed by atoms with Crippen LogP contribution in [-0.4, -0.2) is 150 Å². The molecule has 178 valence electrons. The van der Waals surface area contributed by atoms with Crippen LogP contribution in [0.25, 0.3) is 0 Å². The number of carboxylic acids is 1. The van der Waals surface area contributed by atoms with Crippen LogP contribution >= 0.6 is 11.8 Å². The van der Waals surface area contributed by atoms with Gasteiger partial charge in [-0.15, -0.1) is 5.10 Å². The summed E-state index contributed by atoms with van der Waals surface area (Å²) in [5.74, 6) is -2.00. The molecular weight excluding hydrogens is 481 g/mol. The Morgan fingerprint density at radius 2 is 1.97 bits per heavy atom. The SMILES string of the molecule is CC(=O)N1C[C@H]2OC(CSc3nnnn3CC(=O)N3CCOCC3)=C(C(=O)O)N3C(=O)[C@@H]1[C@@H]23.[NaH]. The number of amides is 3. The average Bonchev–Trinajstić information content (AvgIpc) is 3.39. The first kappa shape index (κ1) is 24.9. The van der Waals surface area contributed by atoms with Crippen LogP contribution in [0.2, 0.25) is 0 Å². The van der Waals surface area contributed by atoms with Crippen molar-refractivity contribution in [2.45, 2.75) is 36.8 Å². The number of nitrogens with zero attached hydrogens (tertiary/aromatic N) is 7. The van der Waals surface area contributed by atoms with Gasteiger partial charge in [-0.3, -0.25) is 19.3 Å². The Balaban J connectivity index is 0.00000274. The molecular formula is C18H22N7NaO7S. The second-order valence-corrected chi connectivity index (χ2v) is 8.89. The van der Waals surface area contributed by atoms with Crippen molar-refractivity contribution in [3.05, 3.63) is 11.5 Å². The molecule has 34 heavy (non-hydrogen) atoms. The van der Waals surface area contributed by atoms with Gasteiger partial charge in [-0.25, -0.2) is 9.48 Å². The molecule has 1 aromatic heterocycles. The van der Waals surface area contributed by atoms with Gasteiger partial charge in [-0.2, -0.15) is 0 Å². The van der Waals surface area contributed by atoms with Gasteiger partial charge < -0.3 is 24.4 Å². The van der Waals surface area contributed by atoms with Gasteiger partial charge in [-0.1, -0.05) is 11.8 Å². The Kier molecular flexibility index (Phi) is 7.19. The number of carboxylic acid groups (broad SMARTS) is 1. The molecule has 0 bridgehead atoms. The van der Waals surface area contributed by atoms with Crippen LogP contribution < -0.4 is 0 Å². The van der Waals surface area contributed by atoms with Gasteiger partial charge >= 0.3 is 35.5 Å². The quantitative estimate of drug-likeness (QED) is 0.241. The monoisotopic (exact) mass is 503 g/mol. The zero-order valence-electron chi connectivity index (χ0n) is 17.6. The first-order chi connectivity index (χ1) is 15.9. The minimum absolute atomic E-state index is 0. The van der Waals surface area contributed by atoms with E-state index in [1.54, 1.807) is 4.90 Å². The summed E-state index contributed by atoms with van der Waals surface area (Å²) in [5, 5.41) is 21.5. The fraction of sp³-hybridized carbons (Fsp3) is 0.611. The number of aliphatic carboxylic acids is 1. The molecule has 0 unspecified atom stereocenters. The fourth-order valence-electron chi connectivity index (χ4n) is 4.56. The molecule has 0 aromatic carbocycles. The van der Waals surface area contributed by atoms with Crippen LogP contribution in [0.3, 0.4) is 0 Å². The zero-order valence-corrected chi connectivity index (χ0v) is 18.4. The zero-order chi connectivity index (χ0) is 23.3. The number of likely N-dealkylation sites (tertiary alicyclic amines) is 1. The van der Waals surface area contributed by atoms with Crippen LogP contribution in [0.4, 0.5) is 0 Å². The van der Waals surface area contributed by atoms with E-state index in [2.05, 4.69) is 15.5 Å². The van der Waals surface area contributed by atoms with Crippen molar-refractivity contribution in [3.8, 4) is 0 Å². The minimum atomic E-state index is -1.29. The van der Waals surface area contributed by atoms with Crippen molar-refractivity contribution in [1.82, 2.24) is 34.9 Å². The van der Waals surface area contributed by atoms with Crippen LogP contribution in [-0.2, 0) is 35.2 Å². The second kappa shape index (κ2) is 9.81. The number of morpholine rings is 1. The topological polar surface area (TPSA) is 160 Å². The summed E-state index contributed by atoms with van der Waals surface area (Å²) in [6.07, 6.45) is -0.505. The molecule has 5 heterocycles. The molecule has 3 amide bonds. The summed E-state index contributed by atoms with van der Waals surface area (Å²) in [4.78, 5) is 53.4. The Labute approximate surface area is 219 Å². The van der Waals surface area contributed by atoms with Crippen molar-refractivity contribution in [3.63, 3.8) is 0 Å². The molecule has 4 aliphatic rings. The molecule has 14 nitrogen and oxygen atoms in total. The van der Waals surface area contributed by atoms with Crippen molar-refractivity contribution in [2.24, 2.45) is 0 Å². The first-order valence-electron chi connectivity index (χ1n) is 10.3. The van der Waals surface area contributed by atoms with Gasteiger partial charge in [0.15, 0.2) is 5.70 Å². The summed E-state index contributed by atoms with van der Waals surface area (Å²) in [6, 6.07) is -1.19. The van der Waals surface area contributed by atoms with Gasteiger partial charge in [0.05, 0.1) is 25.5 Å². The second-order valence-electron chi connectivity index (χ2n) is 7.95. The Morgan fingerprint density at radius 1 is 1.24 bits per heavy atom. The third-order valence-corrected chi connectivity index (χ3v) is 7.05. The number of carbonyl (C=O) groups excluding carboxylic acids is 3. The van der Waals surface area contributed by atoms with E-state index in [1.165, 1.54) is 21.4 Å². The number of tetrazole rings is 1. The summed E-state index contributed by atoms with van der Waals surface area (Å²) in [6.45, 7) is 3.46. The van der Waals surface area contributed by atoms with Gasteiger partial charge in [-0.05, 0) is 10.4 Å². The molecule has 1 N–H and O–H groups in total. The molecule has 5 rings (SSSR count). The number of hydrogen-bond acceptors (Lipinski definition) is 10. The van der Waals surface area contributed by atoms with E-state index >= 15 is 0 Å². The van der Waals surface area contributed by atoms with E-state index in [0.29, 0.717) is 31.5 Å². The van der Waals surface area contributed by atoms with E-state index in [0.717, 1.165) is 11.8 Å². The van der Waals surface area contributed by atoms with Crippen molar-refractivity contribution < 1.29 is 33.8 Å². The number of rotatable bonds is 6. The Bertz CT molecular complexity index is 1060. The summed E-state index contributed by atoms with van der Waals surface area (Å²) in [7, 11) is 0. The third-order valence-electron chi connectivity index (χ3n) is 6.09. The average molecular weight is 503 g/mol. The molecule has 0 aliphatic carbocycles. The maximum atomic E-state index is 12.7. The number of aromatic nitrogens is 4. The summed E-state index contributed by atoms with van der Waals surface area (Å²) < 4.78 is 12.5. The molecule has 0 saturated carbocycles. The van der Waals surface area contributed by atoms with E-state index in [4.69, 9.17) is 9.47 Å². The van der Waals surface area contributed by atoms with Crippen molar-refractivity contribution in [1.29, 1.82) is 0 Å². The molecule has 4 aliphatic heterocycles. The van der Waals surface area contributed by atoms with E-state index < -0.39 is 30.1 Å².